The Morgan fingerprint density at radius 1 is 1.40 bits per heavy atom. The van der Waals surface area contributed by atoms with E-state index in [4.69, 9.17) is 14.2 Å². The van der Waals surface area contributed by atoms with E-state index in [0.717, 1.165) is 13.0 Å². The minimum Gasteiger partial charge on any atom is -0.375 e. The van der Waals surface area contributed by atoms with Crippen molar-refractivity contribution in [2.24, 2.45) is 5.92 Å². The van der Waals surface area contributed by atoms with E-state index < -0.39 is 0 Å². The molecule has 2 aliphatic rings. The van der Waals surface area contributed by atoms with Gasteiger partial charge < -0.3 is 14.2 Å². The van der Waals surface area contributed by atoms with Gasteiger partial charge in [0.25, 0.3) is 0 Å². The summed E-state index contributed by atoms with van der Waals surface area (Å²) in [6, 6.07) is 0. The van der Waals surface area contributed by atoms with Crippen molar-refractivity contribution in [3.05, 3.63) is 0 Å². The van der Waals surface area contributed by atoms with Gasteiger partial charge in [-0.15, -0.1) is 0 Å². The van der Waals surface area contributed by atoms with Gasteiger partial charge in [0.1, 0.15) is 11.2 Å². The van der Waals surface area contributed by atoms with E-state index >= 15 is 0 Å². The van der Waals surface area contributed by atoms with Gasteiger partial charge in [0.2, 0.25) is 0 Å². The number of ether oxygens (including phenoxy) is 3. The van der Waals surface area contributed by atoms with Gasteiger partial charge in [-0.3, -0.25) is 0 Å². The number of methoxy groups -OCH3 is 1. The van der Waals surface area contributed by atoms with E-state index in [2.05, 4.69) is 27.7 Å². The van der Waals surface area contributed by atoms with Gasteiger partial charge in [0, 0.05) is 13.5 Å². The van der Waals surface area contributed by atoms with Crippen LogP contribution >= 0.6 is 0 Å². The Kier molecular flexibility index (Phi) is 2.61. The van der Waals surface area contributed by atoms with Crippen LogP contribution in [0, 0.1) is 5.92 Å². The summed E-state index contributed by atoms with van der Waals surface area (Å²) in [6.45, 7) is 9.40. The predicted octanol–water partition coefficient (Wildman–Crippen LogP) is 1.99. The van der Waals surface area contributed by atoms with Crippen LogP contribution in [0.5, 0.6) is 0 Å². The van der Waals surface area contributed by atoms with Crippen LogP contribution in [0.2, 0.25) is 0 Å². The molecule has 1 spiro atoms. The zero-order valence-electron chi connectivity index (χ0n) is 10.4. The highest BCUT2D eigenvalue weighted by Gasteiger charge is 2.67. The highest BCUT2D eigenvalue weighted by molar-refractivity contribution is 5.15. The minimum atomic E-state index is -0.195. The molecule has 2 fully saturated rings. The average Bonchev–Trinajstić information content (AvgIpc) is 2.95. The first kappa shape index (κ1) is 11.4. The maximum Gasteiger partial charge on any atom is 0.146 e. The number of rotatable bonds is 2. The molecule has 4 unspecified atom stereocenters. The number of hydrogen-bond donors (Lipinski definition) is 0. The second-order valence-electron chi connectivity index (χ2n) is 5.38. The molecule has 2 heterocycles. The molecule has 0 aromatic heterocycles. The fourth-order valence-corrected chi connectivity index (χ4v) is 2.67. The second kappa shape index (κ2) is 3.44. The van der Waals surface area contributed by atoms with Crippen LogP contribution in [0.25, 0.3) is 0 Å². The zero-order chi connectivity index (χ0) is 11.3. The third-order valence-corrected chi connectivity index (χ3v) is 4.17. The topological polar surface area (TPSA) is 31.0 Å². The fraction of sp³-hybridized carbons (Fsp3) is 1.00. The van der Waals surface area contributed by atoms with E-state index in [9.17, 15) is 0 Å². The molecule has 0 aliphatic carbocycles. The molecule has 15 heavy (non-hydrogen) atoms. The molecule has 0 bridgehead atoms. The highest BCUT2D eigenvalue weighted by atomic mass is 16.7. The Balaban J connectivity index is 2.20. The molecule has 0 N–H and O–H groups in total. The first-order valence-corrected chi connectivity index (χ1v) is 5.80. The molecule has 0 amide bonds. The summed E-state index contributed by atoms with van der Waals surface area (Å²) in [7, 11) is 1.78. The molecule has 0 aromatic rings. The molecular formula is C12H22O3. The molecule has 3 nitrogen and oxygen atoms in total. The summed E-state index contributed by atoms with van der Waals surface area (Å²) in [5.74, 6) is 0.526. The van der Waals surface area contributed by atoms with Crippen molar-refractivity contribution in [2.75, 3.05) is 13.7 Å². The summed E-state index contributed by atoms with van der Waals surface area (Å²) in [5.41, 5.74) is -0.382. The van der Waals surface area contributed by atoms with Gasteiger partial charge in [-0.05, 0) is 19.8 Å². The predicted molar refractivity (Wildman–Crippen MR) is 57.9 cm³/mol. The van der Waals surface area contributed by atoms with Crippen molar-refractivity contribution in [1.82, 2.24) is 0 Å². The monoisotopic (exact) mass is 214 g/mol. The van der Waals surface area contributed by atoms with Gasteiger partial charge in [0.15, 0.2) is 0 Å². The summed E-state index contributed by atoms with van der Waals surface area (Å²) in [5, 5.41) is 0. The van der Waals surface area contributed by atoms with Crippen LogP contribution in [0.15, 0.2) is 0 Å². The van der Waals surface area contributed by atoms with Gasteiger partial charge >= 0.3 is 0 Å². The third kappa shape index (κ3) is 1.52. The van der Waals surface area contributed by atoms with Crippen molar-refractivity contribution >= 4 is 0 Å². The lowest BCUT2D eigenvalue weighted by molar-refractivity contribution is -0.203. The fourth-order valence-electron chi connectivity index (χ4n) is 2.67. The Morgan fingerprint density at radius 3 is 2.40 bits per heavy atom. The normalized spacial score (nSPS) is 50.0. The summed E-state index contributed by atoms with van der Waals surface area (Å²) >= 11 is 0. The molecule has 0 aromatic carbocycles. The van der Waals surface area contributed by atoms with Gasteiger partial charge in [-0.25, -0.2) is 0 Å². The lowest BCUT2D eigenvalue weighted by atomic mass is 9.76. The van der Waals surface area contributed by atoms with Crippen LogP contribution < -0.4 is 0 Å². The second-order valence-corrected chi connectivity index (χ2v) is 5.38. The van der Waals surface area contributed by atoms with E-state index in [1.807, 2.05) is 0 Å². The van der Waals surface area contributed by atoms with Crippen LogP contribution in [0.3, 0.4) is 0 Å². The van der Waals surface area contributed by atoms with Gasteiger partial charge in [-0.2, -0.15) is 0 Å². The summed E-state index contributed by atoms with van der Waals surface area (Å²) < 4.78 is 17.4. The van der Waals surface area contributed by atoms with E-state index in [1.165, 1.54) is 0 Å². The molecule has 2 rings (SSSR count). The van der Waals surface area contributed by atoms with Crippen molar-refractivity contribution in [3.63, 3.8) is 0 Å². The average molecular weight is 214 g/mol. The maximum atomic E-state index is 6.02. The van der Waals surface area contributed by atoms with E-state index in [0.29, 0.717) is 5.92 Å². The maximum absolute atomic E-state index is 6.02. The third-order valence-electron chi connectivity index (χ3n) is 4.17. The lowest BCUT2D eigenvalue weighted by Crippen LogP contribution is -2.59. The SMILES string of the molecule is COC1(C)CC(C(C)C)OC(C)C12CO2. The minimum absolute atomic E-state index is 0.128. The van der Waals surface area contributed by atoms with E-state index in [1.54, 1.807) is 7.11 Å². The van der Waals surface area contributed by atoms with Crippen molar-refractivity contribution in [3.8, 4) is 0 Å². The van der Waals surface area contributed by atoms with Crippen molar-refractivity contribution in [2.45, 2.75) is 57.5 Å². The molecule has 88 valence electrons. The Bertz CT molecular complexity index is 247. The summed E-state index contributed by atoms with van der Waals surface area (Å²) in [6.07, 6.45) is 1.33. The quantitative estimate of drug-likeness (QED) is 0.659. The van der Waals surface area contributed by atoms with Crippen LogP contribution in [0.4, 0.5) is 0 Å². The molecule has 0 saturated carbocycles. The van der Waals surface area contributed by atoms with Gasteiger partial charge in [-0.1, -0.05) is 13.8 Å². The smallest absolute Gasteiger partial charge is 0.146 e. The Morgan fingerprint density at radius 2 is 2.00 bits per heavy atom. The van der Waals surface area contributed by atoms with Crippen molar-refractivity contribution in [1.29, 1.82) is 0 Å². The molecule has 0 radical (unpaired) electrons. The largest absolute Gasteiger partial charge is 0.375 e. The standard InChI is InChI=1S/C12H22O3/c1-8(2)10-6-11(4,13-5)12(7-14-12)9(3)15-10/h8-10H,6-7H2,1-5H3. The molecule has 3 heteroatoms. The highest BCUT2D eigenvalue weighted by Crippen LogP contribution is 2.51. The summed E-state index contributed by atoms with van der Waals surface area (Å²) in [4.78, 5) is 0. The molecule has 2 saturated heterocycles. The van der Waals surface area contributed by atoms with Gasteiger partial charge in [0.05, 0.1) is 18.8 Å². The van der Waals surface area contributed by atoms with Crippen LogP contribution in [-0.2, 0) is 14.2 Å². The van der Waals surface area contributed by atoms with Crippen LogP contribution in [0.1, 0.15) is 34.1 Å². The lowest BCUT2D eigenvalue weighted by Gasteiger charge is -2.46. The van der Waals surface area contributed by atoms with E-state index in [-0.39, 0.29) is 23.4 Å². The zero-order valence-corrected chi connectivity index (χ0v) is 10.4. The molecular weight excluding hydrogens is 192 g/mol. The van der Waals surface area contributed by atoms with Crippen LogP contribution in [-0.4, -0.2) is 37.1 Å². The Hall–Kier alpha value is -0.120. The van der Waals surface area contributed by atoms with Crippen molar-refractivity contribution < 1.29 is 14.2 Å². The number of hydrogen-bond acceptors (Lipinski definition) is 3. The Labute approximate surface area is 92.1 Å². The number of epoxide rings is 1. The first-order valence-electron chi connectivity index (χ1n) is 5.80. The molecule has 2 aliphatic heterocycles. The molecule has 4 atom stereocenters. The first-order chi connectivity index (χ1) is 6.95.